The Balaban J connectivity index is 2.78. The lowest BCUT2D eigenvalue weighted by Crippen LogP contribution is -2.31. The zero-order chi connectivity index (χ0) is 9.41. The van der Waals surface area contributed by atoms with Crippen molar-refractivity contribution in [2.75, 3.05) is 0 Å². The third-order valence-electron chi connectivity index (χ3n) is 2.04. The third kappa shape index (κ3) is 2.46. The van der Waals surface area contributed by atoms with Gasteiger partial charge in [-0.15, -0.1) is 0 Å². The molecule has 0 radical (unpaired) electrons. The molecule has 0 saturated heterocycles. The van der Waals surface area contributed by atoms with Crippen LogP contribution in [0.2, 0.25) is 0 Å². The van der Waals surface area contributed by atoms with Gasteiger partial charge in [-0.1, -0.05) is 54.9 Å². The SMILES string of the molecule is CC(C)(C)C1=CCC(N)(Br)C=C1. The van der Waals surface area contributed by atoms with E-state index in [1.54, 1.807) is 0 Å². The topological polar surface area (TPSA) is 26.0 Å². The predicted molar refractivity (Wildman–Crippen MR) is 57.1 cm³/mol. The molecule has 0 spiro atoms. The first-order chi connectivity index (χ1) is 5.31. The van der Waals surface area contributed by atoms with Crippen molar-refractivity contribution in [1.29, 1.82) is 0 Å². The maximum absolute atomic E-state index is 5.87. The molecule has 12 heavy (non-hydrogen) atoms. The molecular formula is C10H16BrN. The van der Waals surface area contributed by atoms with Crippen molar-refractivity contribution in [3.8, 4) is 0 Å². The van der Waals surface area contributed by atoms with E-state index >= 15 is 0 Å². The number of nitrogens with two attached hydrogens (primary N) is 1. The fourth-order valence-electron chi connectivity index (χ4n) is 1.19. The van der Waals surface area contributed by atoms with E-state index in [1.807, 2.05) is 6.08 Å². The summed E-state index contributed by atoms with van der Waals surface area (Å²) in [6, 6.07) is 0. The smallest absolute Gasteiger partial charge is 0.0940 e. The van der Waals surface area contributed by atoms with E-state index in [0.717, 1.165) is 6.42 Å². The van der Waals surface area contributed by atoms with Gasteiger partial charge in [-0.2, -0.15) is 0 Å². The van der Waals surface area contributed by atoms with Gasteiger partial charge in [0.2, 0.25) is 0 Å². The molecular weight excluding hydrogens is 214 g/mol. The summed E-state index contributed by atoms with van der Waals surface area (Å²) < 4.78 is -0.318. The summed E-state index contributed by atoms with van der Waals surface area (Å²) in [6.45, 7) is 6.63. The minimum Gasteiger partial charge on any atom is -0.313 e. The molecule has 2 heteroatoms. The number of allylic oxidation sites excluding steroid dienone is 2. The summed E-state index contributed by atoms with van der Waals surface area (Å²) in [6.07, 6.45) is 7.21. The van der Waals surface area contributed by atoms with Crippen LogP contribution in [0.3, 0.4) is 0 Å². The van der Waals surface area contributed by atoms with Gasteiger partial charge in [0.1, 0.15) is 0 Å². The van der Waals surface area contributed by atoms with E-state index in [0.29, 0.717) is 0 Å². The Morgan fingerprint density at radius 1 is 1.50 bits per heavy atom. The highest BCUT2D eigenvalue weighted by atomic mass is 79.9. The summed E-state index contributed by atoms with van der Waals surface area (Å²) in [4.78, 5) is 0. The Kier molecular flexibility index (Phi) is 2.50. The van der Waals surface area contributed by atoms with Crippen LogP contribution in [0.5, 0.6) is 0 Å². The average molecular weight is 230 g/mol. The van der Waals surface area contributed by atoms with Crippen LogP contribution in [0.15, 0.2) is 23.8 Å². The van der Waals surface area contributed by atoms with Crippen LogP contribution in [0.1, 0.15) is 27.2 Å². The molecule has 0 aromatic carbocycles. The fourth-order valence-corrected chi connectivity index (χ4v) is 1.48. The van der Waals surface area contributed by atoms with Gasteiger partial charge in [-0.05, 0) is 17.4 Å². The van der Waals surface area contributed by atoms with E-state index < -0.39 is 0 Å². The van der Waals surface area contributed by atoms with E-state index in [4.69, 9.17) is 5.73 Å². The molecule has 0 aliphatic heterocycles. The predicted octanol–water partition coefficient (Wildman–Crippen LogP) is 2.97. The van der Waals surface area contributed by atoms with Crippen LogP contribution < -0.4 is 5.73 Å². The van der Waals surface area contributed by atoms with E-state index in [2.05, 4.69) is 48.9 Å². The zero-order valence-electron chi connectivity index (χ0n) is 7.89. The van der Waals surface area contributed by atoms with Crippen molar-refractivity contribution >= 4 is 15.9 Å². The molecule has 1 rings (SSSR count). The first kappa shape index (κ1) is 10.0. The monoisotopic (exact) mass is 229 g/mol. The molecule has 0 saturated carbocycles. The van der Waals surface area contributed by atoms with Crippen LogP contribution in [-0.2, 0) is 0 Å². The summed E-state index contributed by atoms with van der Waals surface area (Å²) >= 11 is 3.43. The number of alkyl halides is 1. The second-order valence-corrected chi connectivity index (χ2v) is 5.85. The van der Waals surface area contributed by atoms with E-state index in [9.17, 15) is 0 Å². The standard InChI is InChI=1S/C10H16BrN/c1-9(2,3)8-4-6-10(11,12)7-5-8/h4-6H,7,12H2,1-3H3. The molecule has 1 aliphatic rings. The lowest BCUT2D eigenvalue weighted by Gasteiger charge is -2.27. The maximum atomic E-state index is 5.87. The van der Waals surface area contributed by atoms with Crippen LogP contribution in [0, 0.1) is 5.41 Å². The third-order valence-corrected chi connectivity index (χ3v) is 2.63. The summed E-state index contributed by atoms with van der Waals surface area (Å²) in [7, 11) is 0. The highest BCUT2D eigenvalue weighted by Crippen LogP contribution is 2.33. The van der Waals surface area contributed by atoms with Gasteiger partial charge in [0.15, 0.2) is 0 Å². The number of rotatable bonds is 0. The molecule has 1 nitrogen and oxygen atoms in total. The van der Waals surface area contributed by atoms with Gasteiger partial charge >= 0.3 is 0 Å². The minimum atomic E-state index is -0.318. The van der Waals surface area contributed by atoms with Crippen molar-refractivity contribution in [1.82, 2.24) is 0 Å². The minimum absolute atomic E-state index is 0.236. The van der Waals surface area contributed by atoms with Crippen LogP contribution >= 0.6 is 15.9 Å². The van der Waals surface area contributed by atoms with Crippen LogP contribution in [-0.4, -0.2) is 4.45 Å². The van der Waals surface area contributed by atoms with Crippen molar-refractivity contribution in [2.24, 2.45) is 11.1 Å². The molecule has 0 aromatic heterocycles. The average Bonchev–Trinajstić information content (AvgIpc) is 1.83. The molecule has 0 heterocycles. The molecule has 1 aliphatic carbocycles. The number of halogens is 1. The maximum Gasteiger partial charge on any atom is 0.0940 e. The molecule has 68 valence electrons. The molecule has 2 N–H and O–H groups in total. The normalized spacial score (nSPS) is 30.2. The second-order valence-electron chi connectivity index (χ2n) is 4.37. The van der Waals surface area contributed by atoms with Crippen LogP contribution in [0.25, 0.3) is 0 Å². The summed E-state index contributed by atoms with van der Waals surface area (Å²) in [5, 5.41) is 0. The Labute approximate surface area is 82.8 Å². The molecule has 0 bridgehead atoms. The second kappa shape index (κ2) is 3.00. The van der Waals surface area contributed by atoms with Gasteiger partial charge in [0.25, 0.3) is 0 Å². The van der Waals surface area contributed by atoms with Crippen molar-refractivity contribution in [3.63, 3.8) is 0 Å². The van der Waals surface area contributed by atoms with Gasteiger partial charge in [0.05, 0.1) is 4.45 Å². The Bertz CT molecular complexity index is 231. The fraction of sp³-hybridized carbons (Fsp3) is 0.600. The summed E-state index contributed by atoms with van der Waals surface area (Å²) in [5.74, 6) is 0. The van der Waals surface area contributed by atoms with E-state index in [1.165, 1.54) is 5.57 Å². The largest absolute Gasteiger partial charge is 0.313 e. The Hall–Kier alpha value is -0.0800. The lowest BCUT2D eigenvalue weighted by atomic mass is 9.83. The first-order valence-corrected chi connectivity index (χ1v) is 4.98. The Morgan fingerprint density at radius 2 is 2.08 bits per heavy atom. The first-order valence-electron chi connectivity index (χ1n) is 4.19. The highest BCUT2D eigenvalue weighted by Gasteiger charge is 2.23. The zero-order valence-corrected chi connectivity index (χ0v) is 9.48. The van der Waals surface area contributed by atoms with Gasteiger partial charge in [0, 0.05) is 0 Å². The van der Waals surface area contributed by atoms with Crippen molar-refractivity contribution < 1.29 is 0 Å². The quantitative estimate of drug-likeness (QED) is 0.502. The lowest BCUT2D eigenvalue weighted by molar-refractivity contribution is 0.509. The van der Waals surface area contributed by atoms with Crippen LogP contribution in [0.4, 0.5) is 0 Å². The van der Waals surface area contributed by atoms with Gasteiger partial charge in [-0.3, -0.25) is 0 Å². The van der Waals surface area contributed by atoms with Crippen molar-refractivity contribution in [2.45, 2.75) is 31.6 Å². The molecule has 1 unspecified atom stereocenters. The number of hydrogen-bond donors (Lipinski definition) is 1. The van der Waals surface area contributed by atoms with Crippen molar-refractivity contribution in [3.05, 3.63) is 23.8 Å². The van der Waals surface area contributed by atoms with Gasteiger partial charge < -0.3 is 5.73 Å². The molecule has 0 amide bonds. The molecule has 0 aromatic rings. The molecule has 1 atom stereocenters. The highest BCUT2D eigenvalue weighted by molar-refractivity contribution is 9.10. The Morgan fingerprint density at radius 3 is 2.42 bits per heavy atom. The summed E-state index contributed by atoms with van der Waals surface area (Å²) in [5.41, 5.74) is 7.47. The number of hydrogen-bond acceptors (Lipinski definition) is 1. The van der Waals surface area contributed by atoms with Gasteiger partial charge in [-0.25, -0.2) is 0 Å². The molecule has 0 fully saturated rings. The van der Waals surface area contributed by atoms with E-state index in [-0.39, 0.29) is 9.86 Å².